The van der Waals surface area contributed by atoms with Crippen molar-refractivity contribution in [1.82, 2.24) is 0 Å². The summed E-state index contributed by atoms with van der Waals surface area (Å²) < 4.78 is 36.5. The van der Waals surface area contributed by atoms with Gasteiger partial charge >= 0.3 is 6.18 Å². The molecule has 0 saturated heterocycles. The molecule has 0 bridgehead atoms. The maximum atomic E-state index is 12.2. The Morgan fingerprint density at radius 3 is 2.33 bits per heavy atom. The summed E-state index contributed by atoms with van der Waals surface area (Å²) in [5.41, 5.74) is -1.11. The number of rotatable bonds is 0. The van der Waals surface area contributed by atoms with E-state index in [1.54, 1.807) is 0 Å². The van der Waals surface area contributed by atoms with E-state index < -0.39 is 17.7 Å². The highest BCUT2D eigenvalue weighted by Gasteiger charge is 2.45. The molecule has 1 aliphatic carbocycles. The molecule has 0 aromatic rings. The molecule has 1 nitrogen and oxygen atoms in total. The van der Waals surface area contributed by atoms with Gasteiger partial charge in [-0.05, 0) is 32.6 Å². The SMILES string of the molecule is CC1(O)CCCC(C(F)(F)F)C1. The fraction of sp³-hybridized carbons (Fsp3) is 1.00. The lowest BCUT2D eigenvalue weighted by Gasteiger charge is -2.34. The van der Waals surface area contributed by atoms with E-state index in [1.807, 2.05) is 0 Å². The first-order valence-corrected chi connectivity index (χ1v) is 4.10. The summed E-state index contributed by atoms with van der Waals surface area (Å²) in [6.45, 7) is 1.48. The molecule has 72 valence electrons. The third-order valence-corrected chi connectivity index (χ3v) is 2.42. The number of alkyl halides is 3. The average Bonchev–Trinajstić information content (AvgIpc) is 1.83. The normalized spacial score (nSPS) is 38.2. The zero-order valence-corrected chi connectivity index (χ0v) is 6.99. The van der Waals surface area contributed by atoms with Gasteiger partial charge in [-0.2, -0.15) is 13.2 Å². The van der Waals surface area contributed by atoms with Crippen molar-refractivity contribution in [2.45, 2.75) is 44.4 Å². The van der Waals surface area contributed by atoms with Crippen LogP contribution in [0.3, 0.4) is 0 Å². The lowest BCUT2D eigenvalue weighted by molar-refractivity contribution is -0.198. The van der Waals surface area contributed by atoms with Crippen molar-refractivity contribution in [2.75, 3.05) is 0 Å². The number of hydrogen-bond donors (Lipinski definition) is 1. The van der Waals surface area contributed by atoms with Crippen LogP contribution in [0.15, 0.2) is 0 Å². The molecule has 0 radical (unpaired) electrons. The molecule has 4 heteroatoms. The molecule has 1 aliphatic rings. The van der Waals surface area contributed by atoms with Gasteiger partial charge in [0, 0.05) is 0 Å². The van der Waals surface area contributed by atoms with Gasteiger partial charge in [-0.25, -0.2) is 0 Å². The van der Waals surface area contributed by atoms with E-state index in [-0.39, 0.29) is 12.8 Å². The maximum Gasteiger partial charge on any atom is 0.391 e. The minimum atomic E-state index is -4.13. The Morgan fingerprint density at radius 2 is 2.00 bits per heavy atom. The van der Waals surface area contributed by atoms with Crippen LogP contribution in [0.1, 0.15) is 32.6 Å². The Morgan fingerprint density at radius 1 is 1.42 bits per heavy atom. The van der Waals surface area contributed by atoms with Crippen molar-refractivity contribution in [3.63, 3.8) is 0 Å². The number of aliphatic hydroxyl groups is 1. The summed E-state index contributed by atoms with van der Waals surface area (Å²) >= 11 is 0. The first-order chi connectivity index (χ1) is 5.31. The minimum absolute atomic E-state index is 0.142. The van der Waals surface area contributed by atoms with Gasteiger partial charge in [0.2, 0.25) is 0 Å². The topological polar surface area (TPSA) is 20.2 Å². The van der Waals surface area contributed by atoms with E-state index in [9.17, 15) is 18.3 Å². The molecule has 12 heavy (non-hydrogen) atoms. The summed E-state index contributed by atoms with van der Waals surface area (Å²) in [5.74, 6) is -1.30. The zero-order chi connectivity index (χ0) is 9.41. The monoisotopic (exact) mass is 182 g/mol. The lowest BCUT2D eigenvalue weighted by Crippen LogP contribution is -2.37. The molecule has 1 rings (SSSR count). The van der Waals surface area contributed by atoms with Gasteiger partial charge in [0.15, 0.2) is 0 Å². The summed E-state index contributed by atoms with van der Waals surface area (Å²) in [5, 5.41) is 9.41. The number of halogens is 3. The van der Waals surface area contributed by atoms with Crippen LogP contribution in [0.2, 0.25) is 0 Å². The van der Waals surface area contributed by atoms with Crippen LogP contribution in [0.4, 0.5) is 13.2 Å². The minimum Gasteiger partial charge on any atom is -0.390 e. The average molecular weight is 182 g/mol. The maximum absolute atomic E-state index is 12.2. The Bertz CT molecular complexity index is 159. The van der Waals surface area contributed by atoms with Gasteiger partial charge < -0.3 is 5.11 Å². The fourth-order valence-corrected chi connectivity index (χ4v) is 1.74. The van der Waals surface area contributed by atoms with E-state index in [0.29, 0.717) is 12.8 Å². The summed E-state index contributed by atoms with van der Waals surface area (Å²) in [6, 6.07) is 0. The van der Waals surface area contributed by atoms with Crippen molar-refractivity contribution in [3.05, 3.63) is 0 Å². The molecule has 0 amide bonds. The van der Waals surface area contributed by atoms with Gasteiger partial charge in [-0.3, -0.25) is 0 Å². The molecular weight excluding hydrogens is 169 g/mol. The second-order valence-corrected chi connectivity index (χ2v) is 3.83. The van der Waals surface area contributed by atoms with Crippen molar-refractivity contribution in [3.8, 4) is 0 Å². The molecule has 1 fully saturated rings. The van der Waals surface area contributed by atoms with Crippen LogP contribution in [0.25, 0.3) is 0 Å². The van der Waals surface area contributed by atoms with Crippen molar-refractivity contribution >= 4 is 0 Å². The number of hydrogen-bond acceptors (Lipinski definition) is 1. The van der Waals surface area contributed by atoms with Gasteiger partial charge in [0.25, 0.3) is 0 Å². The molecule has 2 unspecified atom stereocenters. The third-order valence-electron chi connectivity index (χ3n) is 2.42. The highest BCUT2D eigenvalue weighted by atomic mass is 19.4. The Balaban J connectivity index is 2.58. The van der Waals surface area contributed by atoms with Gasteiger partial charge in [0.05, 0.1) is 11.5 Å². The second-order valence-electron chi connectivity index (χ2n) is 3.83. The van der Waals surface area contributed by atoms with Crippen molar-refractivity contribution < 1.29 is 18.3 Å². The predicted molar refractivity (Wildman–Crippen MR) is 38.6 cm³/mol. The quantitative estimate of drug-likeness (QED) is 0.610. The second kappa shape index (κ2) is 2.91. The van der Waals surface area contributed by atoms with Crippen LogP contribution in [0.5, 0.6) is 0 Å². The van der Waals surface area contributed by atoms with Gasteiger partial charge in [-0.15, -0.1) is 0 Å². The highest BCUT2D eigenvalue weighted by molar-refractivity contribution is 4.85. The fourth-order valence-electron chi connectivity index (χ4n) is 1.74. The van der Waals surface area contributed by atoms with E-state index >= 15 is 0 Å². The van der Waals surface area contributed by atoms with Crippen LogP contribution >= 0.6 is 0 Å². The van der Waals surface area contributed by atoms with E-state index in [1.165, 1.54) is 6.92 Å². The Labute approximate surface area is 69.6 Å². The Kier molecular flexibility index (Phi) is 2.38. The molecule has 0 spiro atoms. The molecule has 0 aliphatic heterocycles. The first kappa shape index (κ1) is 9.84. The molecule has 0 aromatic heterocycles. The van der Waals surface area contributed by atoms with Crippen molar-refractivity contribution in [2.24, 2.45) is 5.92 Å². The summed E-state index contributed by atoms with van der Waals surface area (Å²) in [6.07, 6.45) is -3.16. The first-order valence-electron chi connectivity index (χ1n) is 4.10. The lowest BCUT2D eigenvalue weighted by atomic mass is 9.79. The largest absolute Gasteiger partial charge is 0.391 e. The highest BCUT2D eigenvalue weighted by Crippen LogP contribution is 2.41. The third kappa shape index (κ3) is 2.37. The summed E-state index contributed by atoms with van der Waals surface area (Å²) in [7, 11) is 0. The standard InChI is InChI=1S/C8H13F3O/c1-7(12)4-2-3-6(5-7)8(9,10)11/h6,12H,2-5H2,1H3. The van der Waals surface area contributed by atoms with Crippen LogP contribution in [-0.4, -0.2) is 16.9 Å². The van der Waals surface area contributed by atoms with E-state index in [4.69, 9.17) is 0 Å². The molecular formula is C8H13F3O. The molecule has 1 saturated carbocycles. The molecule has 1 N–H and O–H groups in total. The molecule has 0 heterocycles. The molecule has 2 atom stereocenters. The van der Waals surface area contributed by atoms with Crippen LogP contribution < -0.4 is 0 Å². The van der Waals surface area contributed by atoms with E-state index in [2.05, 4.69) is 0 Å². The van der Waals surface area contributed by atoms with Gasteiger partial charge in [-0.1, -0.05) is 0 Å². The molecule has 0 aromatic carbocycles. The predicted octanol–water partition coefficient (Wildman–Crippen LogP) is 2.49. The van der Waals surface area contributed by atoms with Crippen molar-refractivity contribution in [1.29, 1.82) is 0 Å². The van der Waals surface area contributed by atoms with E-state index in [0.717, 1.165) is 0 Å². The Hall–Kier alpha value is -0.250. The van der Waals surface area contributed by atoms with Crippen LogP contribution in [0, 0.1) is 5.92 Å². The zero-order valence-electron chi connectivity index (χ0n) is 6.99. The van der Waals surface area contributed by atoms with Gasteiger partial charge in [0.1, 0.15) is 0 Å². The summed E-state index contributed by atoms with van der Waals surface area (Å²) in [4.78, 5) is 0. The van der Waals surface area contributed by atoms with Crippen LogP contribution in [-0.2, 0) is 0 Å². The smallest absolute Gasteiger partial charge is 0.390 e.